The zero-order valence-corrected chi connectivity index (χ0v) is 19.3. The minimum atomic E-state index is -0.546. The van der Waals surface area contributed by atoms with Gasteiger partial charge in [-0.05, 0) is 42.0 Å². The van der Waals surface area contributed by atoms with E-state index in [1.165, 1.54) is 17.2 Å². The van der Waals surface area contributed by atoms with E-state index in [0.717, 1.165) is 19.6 Å². The first-order chi connectivity index (χ1) is 14.1. The summed E-state index contributed by atoms with van der Waals surface area (Å²) in [5.74, 6) is 0.896. The monoisotopic (exact) mass is 465 g/mol. The van der Waals surface area contributed by atoms with Crippen LogP contribution in [0.1, 0.15) is 22.7 Å². The lowest BCUT2D eigenvalue weighted by molar-refractivity contribution is -0.147. The second kappa shape index (κ2) is 9.45. The number of hydrogen-bond donors (Lipinski definition) is 2. The Hall–Kier alpha value is -1.66. The molecule has 0 radical (unpaired) electrons. The minimum Gasteiger partial charge on any atom is -0.334 e. The third-order valence-corrected chi connectivity index (χ3v) is 7.20. The molecule has 3 atom stereocenters. The molecule has 0 saturated carbocycles. The van der Waals surface area contributed by atoms with Gasteiger partial charge in [-0.2, -0.15) is 0 Å². The van der Waals surface area contributed by atoms with Crippen molar-refractivity contribution in [2.24, 2.45) is 17.3 Å². The fourth-order valence-electron chi connectivity index (χ4n) is 5.54. The standard InChI is InChI=1S/C24H28FN3O.2ClH/c1-16-6-2-4-8-19(16)22-20-12-26-11-18(20)13-28(22)23(29)24(14-27-15-24)10-17-7-3-5-9-21(17)25;;/h2-9,18,20,22,26-27H,10-15H2,1H3;2*1H/t18-,20-,22+;;/m0../s1. The lowest BCUT2D eigenvalue weighted by Crippen LogP contribution is -2.63. The van der Waals surface area contributed by atoms with Crippen molar-refractivity contribution < 1.29 is 9.18 Å². The maximum absolute atomic E-state index is 14.3. The summed E-state index contributed by atoms with van der Waals surface area (Å²) < 4.78 is 14.3. The Morgan fingerprint density at radius 3 is 2.45 bits per heavy atom. The summed E-state index contributed by atoms with van der Waals surface area (Å²) in [6.45, 7) is 6.07. The highest BCUT2D eigenvalue weighted by molar-refractivity contribution is 5.86. The van der Waals surface area contributed by atoms with E-state index < -0.39 is 5.41 Å². The fraction of sp³-hybridized carbons (Fsp3) is 0.458. The number of hydrogen-bond acceptors (Lipinski definition) is 3. The molecule has 2 aromatic rings. The third kappa shape index (κ3) is 4.09. The van der Waals surface area contributed by atoms with Crippen LogP contribution in [0.4, 0.5) is 4.39 Å². The van der Waals surface area contributed by atoms with E-state index in [-0.39, 0.29) is 42.6 Å². The first-order valence-electron chi connectivity index (χ1n) is 10.6. The van der Waals surface area contributed by atoms with Crippen molar-refractivity contribution in [2.75, 3.05) is 32.7 Å². The number of amides is 1. The molecule has 3 fully saturated rings. The smallest absolute Gasteiger partial charge is 0.232 e. The maximum atomic E-state index is 14.3. The van der Waals surface area contributed by atoms with Gasteiger partial charge in [0.2, 0.25) is 5.91 Å². The van der Waals surface area contributed by atoms with Crippen LogP contribution >= 0.6 is 24.8 Å². The van der Waals surface area contributed by atoms with Crippen molar-refractivity contribution in [2.45, 2.75) is 19.4 Å². The average molecular weight is 466 g/mol. The van der Waals surface area contributed by atoms with Crippen LogP contribution in [-0.4, -0.2) is 43.5 Å². The van der Waals surface area contributed by atoms with E-state index in [2.05, 4.69) is 46.7 Å². The Balaban J connectivity index is 0.00000136. The first-order valence-corrected chi connectivity index (χ1v) is 10.6. The summed E-state index contributed by atoms with van der Waals surface area (Å²) in [7, 11) is 0. The minimum absolute atomic E-state index is 0. The van der Waals surface area contributed by atoms with E-state index in [1.54, 1.807) is 6.07 Å². The largest absolute Gasteiger partial charge is 0.334 e. The highest BCUT2D eigenvalue weighted by Gasteiger charge is 2.54. The van der Waals surface area contributed by atoms with Gasteiger partial charge in [-0.15, -0.1) is 24.8 Å². The van der Waals surface area contributed by atoms with Crippen LogP contribution in [-0.2, 0) is 11.2 Å². The Morgan fingerprint density at radius 1 is 1.06 bits per heavy atom. The van der Waals surface area contributed by atoms with Gasteiger partial charge in [0.15, 0.2) is 0 Å². The van der Waals surface area contributed by atoms with E-state index in [4.69, 9.17) is 0 Å². The number of nitrogens with one attached hydrogen (secondary N) is 2. The number of likely N-dealkylation sites (tertiary alicyclic amines) is 1. The third-order valence-electron chi connectivity index (χ3n) is 7.20. The van der Waals surface area contributed by atoms with Gasteiger partial charge >= 0.3 is 0 Å². The highest BCUT2D eigenvalue weighted by atomic mass is 35.5. The van der Waals surface area contributed by atoms with E-state index in [0.29, 0.717) is 36.9 Å². The number of fused-ring (bicyclic) bond motifs is 1. The number of nitrogens with zero attached hydrogens (tertiary/aromatic N) is 1. The Labute approximate surface area is 195 Å². The molecular weight excluding hydrogens is 436 g/mol. The van der Waals surface area contributed by atoms with Gasteiger partial charge in [0, 0.05) is 38.6 Å². The summed E-state index contributed by atoms with van der Waals surface area (Å²) in [5.41, 5.74) is 2.58. The van der Waals surface area contributed by atoms with Crippen LogP contribution in [0, 0.1) is 30.0 Å². The number of carbonyl (C=O) groups is 1. The lowest BCUT2D eigenvalue weighted by Gasteiger charge is -2.45. The van der Waals surface area contributed by atoms with Crippen molar-refractivity contribution in [1.82, 2.24) is 15.5 Å². The van der Waals surface area contributed by atoms with Crippen molar-refractivity contribution in [3.05, 3.63) is 71.0 Å². The van der Waals surface area contributed by atoms with Crippen LogP contribution in [0.3, 0.4) is 0 Å². The number of halogens is 3. The number of benzene rings is 2. The maximum Gasteiger partial charge on any atom is 0.232 e. The van der Waals surface area contributed by atoms with Crippen LogP contribution in [0.25, 0.3) is 0 Å². The molecule has 0 unspecified atom stereocenters. The van der Waals surface area contributed by atoms with E-state index >= 15 is 0 Å². The predicted octanol–water partition coefficient (Wildman–Crippen LogP) is 3.53. The molecule has 0 aromatic heterocycles. The van der Waals surface area contributed by atoms with Gasteiger partial charge in [0.1, 0.15) is 5.82 Å². The summed E-state index contributed by atoms with van der Waals surface area (Å²) >= 11 is 0. The molecule has 5 rings (SSSR count). The molecular formula is C24H30Cl2FN3O. The molecule has 7 heteroatoms. The molecule has 4 nitrogen and oxygen atoms in total. The van der Waals surface area contributed by atoms with Crippen LogP contribution in [0.15, 0.2) is 48.5 Å². The predicted molar refractivity (Wildman–Crippen MR) is 125 cm³/mol. The second-order valence-electron chi connectivity index (χ2n) is 8.99. The Kier molecular flexibility index (Phi) is 7.32. The topological polar surface area (TPSA) is 44.4 Å². The molecule has 3 saturated heterocycles. The molecule has 0 spiro atoms. The first kappa shape index (κ1) is 24.0. The van der Waals surface area contributed by atoms with Crippen molar-refractivity contribution in [3.8, 4) is 0 Å². The average Bonchev–Trinajstić information content (AvgIpc) is 3.27. The molecule has 168 valence electrons. The Morgan fingerprint density at radius 2 is 1.77 bits per heavy atom. The zero-order chi connectivity index (χ0) is 20.0. The molecule has 1 amide bonds. The van der Waals surface area contributed by atoms with Gasteiger partial charge in [0.25, 0.3) is 0 Å². The SMILES string of the molecule is Cc1ccccc1[C@@H]1[C@H]2CNC[C@H]2CN1C(=O)C1(Cc2ccccc2F)CNC1.Cl.Cl. The van der Waals surface area contributed by atoms with E-state index in [1.807, 2.05) is 12.1 Å². The molecule has 0 aliphatic carbocycles. The summed E-state index contributed by atoms with van der Waals surface area (Å²) in [6.07, 6.45) is 0.454. The normalized spacial score (nSPS) is 25.7. The quantitative estimate of drug-likeness (QED) is 0.725. The zero-order valence-electron chi connectivity index (χ0n) is 17.6. The summed E-state index contributed by atoms with van der Waals surface area (Å²) in [4.78, 5) is 16.1. The van der Waals surface area contributed by atoms with Gasteiger partial charge in [-0.3, -0.25) is 4.79 Å². The van der Waals surface area contributed by atoms with Gasteiger partial charge < -0.3 is 15.5 Å². The lowest BCUT2D eigenvalue weighted by atomic mass is 9.74. The van der Waals surface area contributed by atoms with Gasteiger partial charge in [-0.1, -0.05) is 42.5 Å². The summed E-state index contributed by atoms with van der Waals surface area (Å²) in [6, 6.07) is 15.4. The van der Waals surface area contributed by atoms with Crippen molar-refractivity contribution >= 4 is 30.7 Å². The molecule has 31 heavy (non-hydrogen) atoms. The van der Waals surface area contributed by atoms with E-state index in [9.17, 15) is 9.18 Å². The summed E-state index contributed by atoms with van der Waals surface area (Å²) in [5, 5.41) is 6.80. The van der Waals surface area contributed by atoms with Crippen molar-refractivity contribution in [1.29, 1.82) is 0 Å². The molecule has 0 bridgehead atoms. The van der Waals surface area contributed by atoms with Crippen LogP contribution in [0.2, 0.25) is 0 Å². The molecule has 2 aromatic carbocycles. The molecule has 3 aliphatic heterocycles. The van der Waals surface area contributed by atoms with Crippen molar-refractivity contribution in [3.63, 3.8) is 0 Å². The number of aryl methyl sites for hydroxylation is 1. The number of rotatable bonds is 4. The fourth-order valence-corrected chi connectivity index (χ4v) is 5.54. The van der Waals surface area contributed by atoms with Gasteiger partial charge in [0.05, 0.1) is 11.5 Å². The molecule has 3 heterocycles. The molecule has 3 aliphatic rings. The highest BCUT2D eigenvalue weighted by Crippen LogP contribution is 2.46. The molecule has 2 N–H and O–H groups in total. The van der Waals surface area contributed by atoms with Gasteiger partial charge in [-0.25, -0.2) is 4.39 Å². The number of carbonyl (C=O) groups excluding carboxylic acids is 1. The van der Waals surface area contributed by atoms with Crippen LogP contribution < -0.4 is 10.6 Å². The Bertz CT molecular complexity index is 937. The second-order valence-corrected chi connectivity index (χ2v) is 8.99. The van der Waals surface area contributed by atoms with Crippen LogP contribution in [0.5, 0.6) is 0 Å².